The first-order valence-corrected chi connectivity index (χ1v) is 10.5. The maximum Gasteiger partial charge on any atom is 0.410 e. The lowest BCUT2D eigenvalue weighted by atomic mass is 9.54. The Balaban J connectivity index is 1.46. The molecule has 156 valence electrons. The molecule has 1 aromatic heterocycles. The number of halogens is 1. The Morgan fingerprint density at radius 1 is 1.31 bits per heavy atom. The van der Waals surface area contributed by atoms with Gasteiger partial charge in [0.25, 0.3) is 5.56 Å². The number of carbonyl (C=O) groups excluding carboxylic acids is 1. The topological polar surface area (TPSA) is 64.4 Å². The van der Waals surface area contributed by atoms with Gasteiger partial charge in [-0.2, -0.15) is 5.10 Å². The fourth-order valence-electron chi connectivity index (χ4n) is 4.86. The van der Waals surface area contributed by atoms with Crippen LogP contribution in [0.5, 0.6) is 0 Å². The molecular formula is C22H28ClN3O3. The van der Waals surface area contributed by atoms with Gasteiger partial charge in [-0.1, -0.05) is 24.6 Å². The van der Waals surface area contributed by atoms with E-state index in [2.05, 4.69) is 12.0 Å². The first-order chi connectivity index (χ1) is 13.5. The van der Waals surface area contributed by atoms with Crippen LogP contribution in [0.1, 0.15) is 52.0 Å². The molecule has 1 aliphatic heterocycles. The molecule has 7 heteroatoms. The minimum Gasteiger partial charge on any atom is -0.444 e. The Morgan fingerprint density at radius 3 is 2.59 bits per heavy atom. The van der Waals surface area contributed by atoms with Crippen LogP contribution in [0.15, 0.2) is 23.1 Å². The summed E-state index contributed by atoms with van der Waals surface area (Å²) < 4.78 is 6.78. The molecule has 1 atom stereocenters. The van der Waals surface area contributed by atoms with Gasteiger partial charge in [0.1, 0.15) is 5.60 Å². The molecule has 29 heavy (non-hydrogen) atoms. The number of rotatable bonds is 2. The Bertz CT molecular complexity index is 1030. The quantitative estimate of drug-likeness (QED) is 0.729. The number of hydrogen-bond acceptors (Lipinski definition) is 4. The summed E-state index contributed by atoms with van der Waals surface area (Å²) in [5, 5.41) is 6.05. The molecular weight excluding hydrogens is 390 g/mol. The van der Waals surface area contributed by atoms with Crippen LogP contribution in [0.2, 0.25) is 5.02 Å². The highest BCUT2D eigenvalue weighted by Gasteiger charge is 2.55. The molecule has 4 rings (SSSR count). The van der Waals surface area contributed by atoms with Crippen LogP contribution in [0.25, 0.3) is 10.8 Å². The highest BCUT2D eigenvalue weighted by atomic mass is 35.5. The van der Waals surface area contributed by atoms with E-state index in [1.807, 2.05) is 32.9 Å². The van der Waals surface area contributed by atoms with Crippen molar-refractivity contribution in [2.24, 2.45) is 18.4 Å². The Kier molecular flexibility index (Phi) is 4.69. The molecule has 0 bridgehead atoms. The largest absolute Gasteiger partial charge is 0.444 e. The van der Waals surface area contributed by atoms with Crippen molar-refractivity contribution in [3.8, 4) is 0 Å². The van der Waals surface area contributed by atoms with Crippen molar-refractivity contribution >= 4 is 28.5 Å². The van der Waals surface area contributed by atoms with Crippen molar-refractivity contribution in [3.63, 3.8) is 0 Å². The Labute approximate surface area is 175 Å². The number of aryl methyl sites for hydroxylation is 1. The number of ether oxygens (including phenoxy) is 1. The number of fused-ring (bicyclic) bond motifs is 1. The second-order valence-electron chi connectivity index (χ2n) is 9.79. The number of carbonyl (C=O) groups is 1. The molecule has 2 aliphatic rings. The third kappa shape index (κ3) is 3.52. The van der Waals surface area contributed by atoms with Gasteiger partial charge >= 0.3 is 6.09 Å². The third-order valence-corrected chi connectivity index (χ3v) is 6.70. The second-order valence-corrected chi connectivity index (χ2v) is 10.2. The van der Waals surface area contributed by atoms with Crippen LogP contribution in [0.4, 0.5) is 4.79 Å². The van der Waals surface area contributed by atoms with E-state index in [0.717, 1.165) is 36.9 Å². The van der Waals surface area contributed by atoms with E-state index in [1.165, 1.54) is 4.68 Å². The molecule has 2 heterocycles. The maximum absolute atomic E-state index is 12.5. The van der Waals surface area contributed by atoms with Gasteiger partial charge in [0.05, 0.1) is 16.6 Å². The summed E-state index contributed by atoms with van der Waals surface area (Å²) in [5.41, 5.74) is 0.723. The molecule has 1 spiro atoms. The fraction of sp³-hybridized carbons (Fsp3) is 0.591. The molecule has 2 aromatic rings. The fourth-order valence-corrected chi connectivity index (χ4v) is 5.10. The average Bonchev–Trinajstić information content (AvgIpc) is 2.54. The minimum absolute atomic E-state index is 0.168. The molecule has 1 amide bonds. The lowest BCUT2D eigenvalue weighted by Crippen LogP contribution is -2.64. The molecule has 1 aromatic carbocycles. The molecule has 2 fully saturated rings. The minimum atomic E-state index is -0.461. The van der Waals surface area contributed by atoms with Crippen molar-refractivity contribution in [3.05, 3.63) is 39.3 Å². The van der Waals surface area contributed by atoms with Crippen molar-refractivity contribution in [1.82, 2.24) is 14.7 Å². The lowest BCUT2D eigenvalue weighted by Gasteiger charge is -2.60. The summed E-state index contributed by atoms with van der Waals surface area (Å²) in [6, 6.07) is 3.84. The van der Waals surface area contributed by atoms with E-state index in [0.29, 0.717) is 22.2 Å². The zero-order valence-corrected chi connectivity index (χ0v) is 18.4. The summed E-state index contributed by atoms with van der Waals surface area (Å²) in [5.74, 6) is 0.814. The number of likely N-dealkylation sites (tertiary alicyclic amines) is 1. The third-order valence-electron chi connectivity index (χ3n) is 6.39. The van der Waals surface area contributed by atoms with Gasteiger partial charge in [-0.3, -0.25) is 4.79 Å². The summed E-state index contributed by atoms with van der Waals surface area (Å²) in [6.45, 7) is 9.42. The van der Waals surface area contributed by atoms with Crippen molar-refractivity contribution in [1.29, 1.82) is 0 Å². The first-order valence-electron chi connectivity index (χ1n) is 10.1. The number of amides is 1. The zero-order valence-electron chi connectivity index (χ0n) is 17.7. The second kappa shape index (κ2) is 6.73. The first kappa shape index (κ1) is 20.2. The summed E-state index contributed by atoms with van der Waals surface area (Å²) in [6.07, 6.45) is 3.69. The van der Waals surface area contributed by atoms with Gasteiger partial charge in [0.15, 0.2) is 0 Å². The number of hydrogen-bond donors (Lipinski definition) is 0. The Hall–Kier alpha value is -2.08. The molecule has 0 radical (unpaired) electrons. The van der Waals surface area contributed by atoms with Crippen LogP contribution in [0.3, 0.4) is 0 Å². The zero-order chi connectivity index (χ0) is 21.1. The summed E-state index contributed by atoms with van der Waals surface area (Å²) in [7, 11) is 1.64. The molecule has 1 saturated carbocycles. The van der Waals surface area contributed by atoms with Crippen molar-refractivity contribution < 1.29 is 9.53 Å². The van der Waals surface area contributed by atoms with Gasteiger partial charge in [-0.15, -0.1) is 0 Å². The van der Waals surface area contributed by atoms with Gasteiger partial charge < -0.3 is 9.64 Å². The summed E-state index contributed by atoms with van der Waals surface area (Å²) in [4.78, 5) is 26.5. The van der Waals surface area contributed by atoms with E-state index < -0.39 is 5.60 Å². The van der Waals surface area contributed by atoms with E-state index in [4.69, 9.17) is 16.3 Å². The predicted molar refractivity (Wildman–Crippen MR) is 113 cm³/mol. The van der Waals surface area contributed by atoms with Gasteiger partial charge in [0, 0.05) is 30.9 Å². The molecule has 1 unspecified atom stereocenters. The predicted octanol–water partition coefficient (Wildman–Crippen LogP) is 4.34. The van der Waals surface area contributed by atoms with Crippen LogP contribution >= 0.6 is 11.6 Å². The van der Waals surface area contributed by atoms with Gasteiger partial charge in [-0.05, 0) is 57.1 Å². The average molecular weight is 418 g/mol. The standard InChI is InChI=1S/C22H28ClN3O3/c1-13(15-6-7-17(23)18-16(15)10-24-25(5)19(18)27)14-8-22(9-14)11-26(12-22)20(28)29-21(2,3)4/h6-7,10,13-14H,8-9,11-12H2,1-5H3. The van der Waals surface area contributed by atoms with Crippen LogP contribution < -0.4 is 5.56 Å². The normalized spacial score (nSPS) is 19.7. The van der Waals surface area contributed by atoms with Gasteiger partial charge in [0.2, 0.25) is 0 Å². The number of aromatic nitrogens is 2. The van der Waals surface area contributed by atoms with Crippen LogP contribution in [0, 0.1) is 11.3 Å². The maximum atomic E-state index is 12.5. The molecule has 0 N–H and O–H groups in total. The highest BCUT2D eigenvalue weighted by molar-refractivity contribution is 6.35. The lowest BCUT2D eigenvalue weighted by molar-refractivity contribution is -0.0994. The van der Waals surface area contributed by atoms with Crippen LogP contribution in [-0.2, 0) is 11.8 Å². The van der Waals surface area contributed by atoms with E-state index in [-0.39, 0.29) is 17.1 Å². The monoisotopic (exact) mass is 417 g/mol. The molecule has 1 saturated heterocycles. The number of benzene rings is 1. The van der Waals surface area contributed by atoms with E-state index >= 15 is 0 Å². The van der Waals surface area contributed by atoms with Gasteiger partial charge in [-0.25, -0.2) is 9.48 Å². The van der Waals surface area contributed by atoms with Crippen LogP contribution in [-0.4, -0.2) is 39.5 Å². The molecule has 6 nitrogen and oxygen atoms in total. The van der Waals surface area contributed by atoms with Crippen molar-refractivity contribution in [2.45, 2.75) is 52.1 Å². The Morgan fingerprint density at radius 2 is 1.97 bits per heavy atom. The van der Waals surface area contributed by atoms with Crippen molar-refractivity contribution in [2.75, 3.05) is 13.1 Å². The van der Waals surface area contributed by atoms with E-state index in [9.17, 15) is 9.59 Å². The highest BCUT2D eigenvalue weighted by Crippen LogP contribution is 2.56. The van der Waals surface area contributed by atoms with E-state index in [1.54, 1.807) is 18.1 Å². The molecule has 1 aliphatic carbocycles. The summed E-state index contributed by atoms with van der Waals surface area (Å²) >= 11 is 6.32. The smallest absolute Gasteiger partial charge is 0.410 e. The number of nitrogens with zero attached hydrogens (tertiary/aromatic N) is 3. The SMILES string of the molecule is CC(c1ccc(Cl)c2c(=O)n(C)ncc12)C1CC2(C1)CN(C(=O)OC(C)(C)C)C2.